The van der Waals surface area contributed by atoms with E-state index >= 15 is 0 Å². The number of benzene rings is 2. The van der Waals surface area contributed by atoms with E-state index in [4.69, 9.17) is 0 Å². The summed E-state index contributed by atoms with van der Waals surface area (Å²) in [6.07, 6.45) is 1.12. The summed E-state index contributed by atoms with van der Waals surface area (Å²) in [7, 11) is 0. The lowest BCUT2D eigenvalue weighted by Gasteiger charge is -2.08. The van der Waals surface area contributed by atoms with Crippen LogP contribution >= 0.6 is 15.9 Å². The first-order chi connectivity index (χ1) is 10.6. The number of amides is 1. The summed E-state index contributed by atoms with van der Waals surface area (Å²) in [6, 6.07) is 14.1. The van der Waals surface area contributed by atoms with Crippen LogP contribution < -0.4 is 10.6 Å². The molecule has 2 aromatic rings. The van der Waals surface area contributed by atoms with Crippen molar-refractivity contribution in [2.45, 2.75) is 12.8 Å². The van der Waals surface area contributed by atoms with Crippen molar-refractivity contribution in [2.75, 3.05) is 18.4 Å². The lowest BCUT2D eigenvalue weighted by Crippen LogP contribution is -2.27. The van der Waals surface area contributed by atoms with Gasteiger partial charge >= 0.3 is 0 Å². The quantitative estimate of drug-likeness (QED) is 0.785. The standard InChI is InChI=1S/C17H18BrFN2O/c18-14-3-7-16(8-4-14)20-12-10-17(22)21-11-9-13-1-5-15(19)6-2-13/h1-8,20H,9-12H2,(H,21,22). The Morgan fingerprint density at radius 3 is 2.36 bits per heavy atom. The fourth-order valence-corrected chi connectivity index (χ4v) is 2.24. The molecule has 0 unspecified atom stereocenters. The molecule has 0 heterocycles. The van der Waals surface area contributed by atoms with Crippen molar-refractivity contribution in [3.05, 3.63) is 64.4 Å². The monoisotopic (exact) mass is 364 g/mol. The molecular weight excluding hydrogens is 347 g/mol. The van der Waals surface area contributed by atoms with E-state index in [2.05, 4.69) is 26.6 Å². The average molecular weight is 365 g/mol. The first-order valence-electron chi connectivity index (χ1n) is 7.14. The van der Waals surface area contributed by atoms with Gasteiger partial charge in [0.2, 0.25) is 5.91 Å². The summed E-state index contributed by atoms with van der Waals surface area (Å²) in [5.41, 5.74) is 2.00. The number of halogens is 2. The Bertz CT molecular complexity index is 546. The Hall–Kier alpha value is -1.88. The Morgan fingerprint density at radius 2 is 1.68 bits per heavy atom. The fourth-order valence-electron chi connectivity index (χ4n) is 1.97. The number of hydrogen-bond acceptors (Lipinski definition) is 2. The number of hydrogen-bond donors (Lipinski definition) is 2. The molecular formula is C17H18BrFN2O. The highest BCUT2D eigenvalue weighted by atomic mass is 79.9. The molecule has 2 aromatic carbocycles. The zero-order chi connectivity index (χ0) is 15.8. The molecule has 0 saturated heterocycles. The Labute approximate surface area is 138 Å². The van der Waals surface area contributed by atoms with Crippen LogP contribution in [0.25, 0.3) is 0 Å². The second-order valence-corrected chi connectivity index (χ2v) is 5.83. The summed E-state index contributed by atoms with van der Waals surface area (Å²) >= 11 is 3.38. The minimum Gasteiger partial charge on any atom is -0.385 e. The van der Waals surface area contributed by atoms with Crippen LogP contribution in [0, 0.1) is 5.82 Å². The van der Waals surface area contributed by atoms with Gasteiger partial charge in [0, 0.05) is 29.7 Å². The van der Waals surface area contributed by atoms with Gasteiger partial charge in [0.15, 0.2) is 0 Å². The number of rotatable bonds is 7. The number of carbonyl (C=O) groups excluding carboxylic acids is 1. The average Bonchev–Trinajstić information content (AvgIpc) is 2.51. The van der Waals surface area contributed by atoms with Gasteiger partial charge in [-0.3, -0.25) is 4.79 Å². The molecule has 2 rings (SSSR count). The smallest absolute Gasteiger partial charge is 0.221 e. The van der Waals surface area contributed by atoms with E-state index < -0.39 is 0 Å². The highest BCUT2D eigenvalue weighted by Crippen LogP contribution is 2.13. The summed E-state index contributed by atoms with van der Waals surface area (Å²) in [4.78, 5) is 11.7. The lowest BCUT2D eigenvalue weighted by atomic mass is 10.1. The predicted octanol–water partition coefficient (Wildman–Crippen LogP) is 3.75. The first kappa shape index (κ1) is 16.5. The topological polar surface area (TPSA) is 41.1 Å². The van der Waals surface area contributed by atoms with Gasteiger partial charge in [-0.1, -0.05) is 28.1 Å². The predicted molar refractivity (Wildman–Crippen MR) is 90.4 cm³/mol. The molecule has 0 aliphatic heterocycles. The van der Waals surface area contributed by atoms with E-state index in [1.165, 1.54) is 12.1 Å². The summed E-state index contributed by atoms with van der Waals surface area (Å²) in [5, 5.41) is 6.05. The second-order valence-electron chi connectivity index (χ2n) is 4.91. The minimum absolute atomic E-state index is 0.00623. The van der Waals surface area contributed by atoms with E-state index in [1.54, 1.807) is 12.1 Å². The van der Waals surface area contributed by atoms with Gasteiger partial charge in [0.25, 0.3) is 0 Å². The molecule has 0 aromatic heterocycles. The number of nitrogens with one attached hydrogen (secondary N) is 2. The molecule has 0 bridgehead atoms. The Kier molecular flexibility index (Phi) is 6.40. The van der Waals surface area contributed by atoms with Crippen LogP contribution in [0.2, 0.25) is 0 Å². The zero-order valence-electron chi connectivity index (χ0n) is 12.1. The second kappa shape index (κ2) is 8.54. The van der Waals surface area contributed by atoms with Gasteiger partial charge in [-0.05, 0) is 48.4 Å². The van der Waals surface area contributed by atoms with E-state index in [-0.39, 0.29) is 11.7 Å². The molecule has 0 fully saturated rings. The summed E-state index contributed by atoms with van der Waals surface area (Å²) < 4.78 is 13.8. The van der Waals surface area contributed by atoms with Gasteiger partial charge in [0.05, 0.1) is 0 Å². The molecule has 0 spiro atoms. The molecule has 0 aliphatic rings. The van der Waals surface area contributed by atoms with Crippen molar-refractivity contribution in [1.82, 2.24) is 5.32 Å². The van der Waals surface area contributed by atoms with Crippen LogP contribution in [0.4, 0.5) is 10.1 Å². The molecule has 116 valence electrons. The molecule has 5 heteroatoms. The third kappa shape index (κ3) is 5.85. The number of anilines is 1. The van der Waals surface area contributed by atoms with E-state index in [0.717, 1.165) is 15.7 Å². The van der Waals surface area contributed by atoms with Crippen LogP contribution in [-0.2, 0) is 11.2 Å². The van der Waals surface area contributed by atoms with Gasteiger partial charge in [-0.25, -0.2) is 4.39 Å². The van der Waals surface area contributed by atoms with Crippen molar-refractivity contribution in [2.24, 2.45) is 0 Å². The number of carbonyl (C=O) groups is 1. The normalized spacial score (nSPS) is 10.3. The highest BCUT2D eigenvalue weighted by Gasteiger charge is 2.01. The summed E-state index contributed by atoms with van der Waals surface area (Å²) in [6.45, 7) is 1.15. The van der Waals surface area contributed by atoms with Gasteiger partial charge in [-0.15, -0.1) is 0 Å². The van der Waals surface area contributed by atoms with Crippen LogP contribution in [0.1, 0.15) is 12.0 Å². The SMILES string of the molecule is O=C(CCNc1ccc(Br)cc1)NCCc1ccc(F)cc1. The van der Waals surface area contributed by atoms with Crippen molar-refractivity contribution < 1.29 is 9.18 Å². The van der Waals surface area contributed by atoms with Crippen LogP contribution in [0.15, 0.2) is 53.0 Å². The fraction of sp³-hybridized carbons (Fsp3) is 0.235. The highest BCUT2D eigenvalue weighted by molar-refractivity contribution is 9.10. The van der Waals surface area contributed by atoms with Crippen molar-refractivity contribution in [3.63, 3.8) is 0 Å². The minimum atomic E-state index is -0.244. The maximum absolute atomic E-state index is 12.8. The van der Waals surface area contributed by atoms with Gasteiger partial charge < -0.3 is 10.6 Å². The molecule has 2 N–H and O–H groups in total. The molecule has 0 saturated carbocycles. The Morgan fingerprint density at radius 1 is 1.00 bits per heavy atom. The van der Waals surface area contributed by atoms with Crippen LogP contribution in [0.3, 0.4) is 0 Å². The maximum Gasteiger partial charge on any atom is 0.221 e. The third-order valence-electron chi connectivity index (χ3n) is 3.17. The molecule has 0 radical (unpaired) electrons. The van der Waals surface area contributed by atoms with Crippen molar-refractivity contribution >= 4 is 27.5 Å². The van der Waals surface area contributed by atoms with Crippen molar-refractivity contribution in [1.29, 1.82) is 0 Å². The molecule has 3 nitrogen and oxygen atoms in total. The zero-order valence-corrected chi connectivity index (χ0v) is 13.7. The summed E-state index contributed by atoms with van der Waals surface area (Å²) in [5.74, 6) is -0.237. The van der Waals surface area contributed by atoms with E-state index in [0.29, 0.717) is 25.9 Å². The lowest BCUT2D eigenvalue weighted by molar-refractivity contribution is -0.120. The van der Waals surface area contributed by atoms with E-state index in [1.807, 2.05) is 24.3 Å². The molecule has 0 atom stereocenters. The maximum atomic E-state index is 12.8. The van der Waals surface area contributed by atoms with Crippen molar-refractivity contribution in [3.8, 4) is 0 Å². The third-order valence-corrected chi connectivity index (χ3v) is 3.70. The first-order valence-corrected chi connectivity index (χ1v) is 7.93. The largest absolute Gasteiger partial charge is 0.385 e. The van der Waals surface area contributed by atoms with Crippen LogP contribution in [-0.4, -0.2) is 19.0 Å². The van der Waals surface area contributed by atoms with Crippen LogP contribution in [0.5, 0.6) is 0 Å². The van der Waals surface area contributed by atoms with Gasteiger partial charge in [-0.2, -0.15) is 0 Å². The molecule has 22 heavy (non-hydrogen) atoms. The van der Waals surface area contributed by atoms with Gasteiger partial charge in [0.1, 0.15) is 5.82 Å². The molecule has 0 aliphatic carbocycles. The molecule has 1 amide bonds. The Balaban J connectivity index is 1.61. The van der Waals surface area contributed by atoms with E-state index in [9.17, 15) is 9.18 Å².